The summed E-state index contributed by atoms with van der Waals surface area (Å²) in [6.45, 7) is 6.32. The van der Waals surface area contributed by atoms with Gasteiger partial charge in [-0.05, 0) is 31.4 Å². The van der Waals surface area contributed by atoms with E-state index in [1.165, 1.54) is 18.3 Å². The number of carboxylic acid groups (broad SMARTS) is 1. The van der Waals surface area contributed by atoms with Gasteiger partial charge in [-0.1, -0.05) is 26.7 Å². The first kappa shape index (κ1) is 16.9. The quantitative estimate of drug-likeness (QED) is 0.720. The standard InChI is InChI=1S/C15H23N3O3/c1-10(2)5-4-6-11(3)17-15(21)18-12-7-8-13(14(19)20)16-9-12/h7-11H,4-6H2,1-3H3,(H,19,20)(H2,17,18,21). The number of hydrogen-bond acceptors (Lipinski definition) is 3. The molecule has 0 fully saturated rings. The topological polar surface area (TPSA) is 91.3 Å². The molecule has 0 radical (unpaired) electrons. The van der Waals surface area contributed by atoms with Crippen LogP contribution in [-0.2, 0) is 0 Å². The van der Waals surface area contributed by atoms with E-state index in [0.29, 0.717) is 11.6 Å². The Balaban J connectivity index is 2.37. The minimum Gasteiger partial charge on any atom is -0.477 e. The molecule has 116 valence electrons. The summed E-state index contributed by atoms with van der Waals surface area (Å²) in [6, 6.07) is 2.65. The highest BCUT2D eigenvalue weighted by Crippen LogP contribution is 2.09. The first-order valence-electron chi connectivity index (χ1n) is 7.15. The number of aromatic carboxylic acids is 1. The van der Waals surface area contributed by atoms with E-state index in [0.717, 1.165) is 19.3 Å². The molecular formula is C15H23N3O3. The highest BCUT2D eigenvalue weighted by atomic mass is 16.4. The molecule has 0 spiro atoms. The number of hydrogen-bond donors (Lipinski definition) is 3. The van der Waals surface area contributed by atoms with Crippen molar-refractivity contribution in [2.75, 3.05) is 5.32 Å². The number of anilines is 1. The van der Waals surface area contributed by atoms with E-state index in [1.807, 2.05) is 6.92 Å². The normalized spacial score (nSPS) is 12.0. The lowest BCUT2D eigenvalue weighted by molar-refractivity contribution is 0.0690. The lowest BCUT2D eigenvalue weighted by Crippen LogP contribution is -2.36. The molecule has 0 aliphatic rings. The number of carboxylic acids is 1. The van der Waals surface area contributed by atoms with E-state index in [2.05, 4.69) is 29.5 Å². The van der Waals surface area contributed by atoms with E-state index >= 15 is 0 Å². The molecule has 1 aromatic rings. The molecule has 1 rings (SSSR count). The van der Waals surface area contributed by atoms with Crippen molar-refractivity contribution in [3.63, 3.8) is 0 Å². The Morgan fingerprint density at radius 1 is 1.24 bits per heavy atom. The molecule has 0 saturated carbocycles. The van der Waals surface area contributed by atoms with Crippen molar-refractivity contribution in [3.05, 3.63) is 24.0 Å². The average Bonchev–Trinajstić information content (AvgIpc) is 2.38. The van der Waals surface area contributed by atoms with Gasteiger partial charge in [0.2, 0.25) is 0 Å². The fraction of sp³-hybridized carbons (Fsp3) is 0.533. The van der Waals surface area contributed by atoms with Crippen LogP contribution in [0.5, 0.6) is 0 Å². The van der Waals surface area contributed by atoms with E-state index in [9.17, 15) is 9.59 Å². The summed E-state index contributed by atoms with van der Waals surface area (Å²) in [5.41, 5.74) is 0.412. The number of nitrogens with zero attached hydrogens (tertiary/aromatic N) is 1. The van der Waals surface area contributed by atoms with Crippen LogP contribution in [0.25, 0.3) is 0 Å². The fourth-order valence-corrected chi connectivity index (χ4v) is 1.89. The first-order valence-corrected chi connectivity index (χ1v) is 7.15. The molecule has 1 heterocycles. The van der Waals surface area contributed by atoms with Crippen LogP contribution in [0, 0.1) is 5.92 Å². The summed E-state index contributed by atoms with van der Waals surface area (Å²) in [4.78, 5) is 26.2. The number of aromatic nitrogens is 1. The third-order valence-corrected chi connectivity index (χ3v) is 3.04. The summed E-state index contributed by atoms with van der Waals surface area (Å²) >= 11 is 0. The zero-order valence-corrected chi connectivity index (χ0v) is 12.7. The molecule has 1 aromatic heterocycles. The molecule has 6 nitrogen and oxygen atoms in total. The highest BCUT2D eigenvalue weighted by molar-refractivity contribution is 5.90. The predicted octanol–water partition coefficient (Wildman–Crippen LogP) is 3.12. The van der Waals surface area contributed by atoms with Gasteiger partial charge in [0.25, 0.3) is 0 Å². The summed E-state index contributed by atoms with van der Waals surface area (Å²) < 4.78 is 0. The Bertz CT molecular complexity index is 472. The van der Waals surface area contributed by atoms with Crippen molar-refractivity contribution in [2.45, 2.75) is 46.1 Å². The van der Waals surface area contributed by atoms with Crippen molar-refractivity contribution >= 4 is 17.7 Å². The summed E-state index contributed by atoms with van der Waals surface area (Å²) in [7, 11) is 0. The minimum absolute atomic E-state index is 0.0528. The molecule has 0 aliphatic carbocycles. The molecule has 0 aliphatic heterocycles. The Hall–Kier alpha value is -2.11. The second-order valence-electron chi connectivity index (χ2n) is 5.56. The van der Waals surface area contributed by atoms with Crippen LogP contribution < -0.4 is 10.6 Å². The zero-order valence-electron chi connectivity index (χ0n) is 12.7. The Morgan fingerprint density at radius 2 is 1.95 bits per heavy atom. The lowest BCUT2D eigenvalue weighted by atomic mass is 10.0. The van der Waals surface area contributed by atoms with Crippen LogP contribution in [0.2, 0.25) is 0 Å². The average molecular weight is 293 g/mol. The number of rotatable bonds is 7. The molecule has 3 N–H and O–H groups in total. The fourth-order valence-electron chi connectivity index (χ4n) is 1.89. The maximum Gasteiger partial charge on any atom is 0.354 e. The van der Waals surface area contributed by atoms with E-state index in [4.69, 9.17) is 5.11 Å². The third kappa shape index (κ3) is 6.74. The predicted molar refractivity (Wildman–Crippen MR) is 81.5 cm³/mol. The third-order valence-electron chi connectivity index (χ3n) is 3.04. The van der Waals surface area contributed by atoms with Gasteiger partial charge in [0, 0.05) is 6.04 Å². The molecule has 6 heteroatoms. The lowest BCUT2D eigenvalue weighted by Gasteiger charge is -2.15. The van der Waals surface area contributed by atoms with Crippen LogP contribution in [0.3, 0.4) is 0 Å². The number of pyridine rings is 1. The maximum atomic E-state index is 11.8. The smallest absolute Gasteiger partial charge is 0.354 e. The number of nitrogens with one attached hydrogen (secondary N) is 2. The molecule has 21 heavy (non-hydrogen) atoms. The summed E-state index contributed by atoms with van der Waals surface area (Å²) in [5.74, 6) is -0.422. The van der Waals surface area contributed by atoms with Crippen LogP contribution in [0.15, 0.2) is 18.3 Å². The SMILES string of the molecule is CC(C)CCCC(C)NC(=O)Nc1ccc(C(=O)O)nc1. The molecule has 2 amide bonds. The van der Waals surface area contributed by atoms with Gasteiger partial charge >= 0.3 is 12.0 Å². The van der Waals surface area contributed by atoms with Gasteiger partial charge in [-0.3, -0.25) is 0 Å². The van der Waals surface area contributed by atoms with Crippen molar-refractivity contribution in [3.8, 4) is 0 Å². The first-order chi connectivity index (χ1) is 9.88. The van der Waals surface area contributed by atoms with Gasteiger partial charge in [0.05, 0.1) is 11.9 Å². The van der Waals surface area contributed by atoms with E-state index in [-0.39, 0.29) is 17.8 Å². The van der Waals surface area contributed by atoms with Gasteiger partial charge < -0.3 is 15.7 Å². The second-order valence-corrected chi connectivity index (χ2v) is 5.56. The van der Waals surface area contributed by atoms with Crippen LogP contribution in [0.1, 0.15) is 50.5 Å². The van der Waals surface area contributed by atoms with Crippen molar-refractivity contribution < 1.29 is 14.7 Å². The van der Waals surface area contributed by atoms with E-state index in [1.54, 1.807) is 0 Å². The van der Waals surface area contributed by atoms with Gasteiger partial charge in [-0.25, -0.2) is 14.6 Å². The van der Waals surface area contributed by atoms with Gasteiger partial charge in [-0.2, -0.15) is 0 Å². The number of carbonyl (C=O) groups excluding carboxylic acids is 1. The molecular weight excluding hydrogens is 270 g/mol. The van der Waals surface area contributed by atoms with Crippen molar-refractivity contribution in [1.82, 2.24) is 10.3 Å². The summed E-state index contributed by atoms with van der Waals surface area (Å²) in [6.07, 6.45) is 4.48. The Labute approximate surface area is 125 Å². The Morgan fingerprint density at radius 3 is 2.48 bits per heavy atom. The van der Waals surface area contributed by atoms with Crippen molar-refractivity contribution in [1.29, 1.82) is 0 Å². The van der Waals surface area contributed by atoms with Gasteiger partial charge in [0.15, 0.2) is 0 Å². The van der Waals surface area contributed by atoms with Crippen LogP contribution in [-0.4, -0.2) is 28.1 Å². The van der Waals surface area contributed by atoms with E-state index < -0.39 is 5.97 Å². The van der Waals surface area contributed by atoms with Crippen LogP contribution in [0.4, 0.5) is 10.5 Å². The van der Waals surface area contributed by atoms with Crippen LogP contribution >= 0.6 is 0 Å². The minimum atomic E-state index is -1.09. The monoisotopic (exact) mass is 293 g/mol. The van der Waals surface area contributed by atoms with Gasteiger partial charge in [-0.15, -0.1) is 0 Å². The zero-order chi connectivity index (χ0) is 15.8. The number of amides is 2. The Kier molecular flexibility index (Phi) is 6.65. The molecule has 0 saturated heterocycles. The second kappa shape index (κ2) is 8.24. The highest BCUT2D eigenvalue weighted by Gasteiger charge is 2.09. The number of urea groups is 1. The van der Waals surface area contributed by atoms with Crippen molar-refractivity contribution in [2.24, 2.45) is 5.92 Å². The molecule has 0 bridgehead atoms. The molecule has 1 atom stereocenters. The molecule has 1 unspecified atom stereocenters. The molecule has 0 aromatic carbocycles. The summed E-state index contributed by atoms with van der Waals surface area (Å²) in [5, 5.41) is 14.2. The largest absolute Gasteiger partial charge is 0.477 e. The maximum absolute atomic E-state index is 11.8. The number of carbonyl (C=O) groups is 2. The van der Waals surface area contributed by atoms with Gasteiger partial charge in [0.1, 0.15) is 5.69 Å².